The number of carboxylic acids is 1. The minimum Gasteiger partial charge on any atom is -0.478 e. The van der Waals surface area contributed by atoms with Gasteiger partial charge in [-0.05, 0) is 25.5 Å². The molecule has 19 heavy (non-hydrogen) atoms. The van der Waals surface area contributed by atoms with Gasteiger partial charge in [0.1, 0.15) is 0 Å². The average molecular weight is 257 g/mol. The first-order valence-corrected chi connectivity index (χ1v) is 5.92. The van der Waals surface area contributed by atoms with Crippen LogP contribution in [0.25, 0.3) is 11.3 Å². The molecule has 2 aromatic rings. The molecular weight excluding hydrogens is 242 g/mol. The molecule has 1 heterocycles. The van der Waals surface area contributed by atoms with E-state index in [2.05, 4.69) is 0 Å². The Morgan fingerprint density at radius 3 is 2.42 bits per heavy atom. The highest BCUT2D eigenvalue weighted by Crippen LogP contribution is 2.23. The summed E-state index contributed by atoms with van der Waals surface area (Å²) in [6.07, 6.45) is 0. The van der Waals surface area contributed by atoms with Crippen LogP contribution in [0.4, 0.5) is 0 Å². The van der Waals surface area contributed by atoms with Crippen molar-refractivity contribution in [2.75, 3.05) is 0 Å². The minimum absolute atomic E-state index is 0.0121. The number of nitrogens with zero attached hydrogens (tertiary/aromatic N) is 1. The van der Waals surface area contributed by atoms with Crippen LogP contribution in [0.1, 0.15) is 21.5 Å². The van der Waals surface area contributed by atoms with Crippen LogP contribution >= 0.6 is 0 Å². The molecule has 1 N–H and O–H groups in total. The van der Waals surface area contributed by atoms with Gasteiger partial charge in [-0.1, -0.05) is 23.8 Å². The summed E-state index contributed by atoms with van der Waals surface area (Å²) in [6, 6.07) is 8.52. The van der Waals surface area contributed by atoms with Crippen molar-refractivity contribution in [3.63, 3.8) is 0 Å². The van der Waals surface area contributed by atoms with Crippen LogP contribution in [0.3, 0.4) is 0 Å². The number of rotatable bonds is 2. The summed E-state index contributed by atoms with van der Waals surface area (Å²) in [5, 5.41) is 9.04. The first-order valence-electron chi connectivity index (χ1n) is 5.92. The fourth-order valence-electron chi connectivity index (χ4n) is 2.12. The number of aromatic carboxylic acids is 1. The second-order valence-electron chi connectivity index (χ2n) is 4.65. The molecule has 0 spiro atoms. The molecule has 0 amide bonds. The zero-order valence-electron chi connectivity index (χ0n) is 11.1. The number of aryl methyl sites for hydroxylation is 2. The van der Waals surface area contributed by atoms with Gasteiger partial charge in [0.05, 0.1) is 11.3 Å². The van der Waals surface area contributed by atoms with E-state index in [0.29, 0.717) is 5.69 Å². The van der Waals surface area contributed by atoms with E-state index in [1.54, 1.807) is 7.05 Å². The average Bonchev–Trinajstić information content (AvgIpc) is 2.33. The van der Waals surface area contributed by atoms with E-state index in [-0.39, 0.29) is 11.1 Å². The van der Waals surface area contributed by atoms with Gasteiger partial charge < -0.3 is 9.67 Å². The first-order chi connectivity index (χ1) is 8.90. The molecule has 0 aliphatic heterocycles. The van der Waals surface area contributed by atoms with Crippen LogP contribution in [-0.2, 0) is 7.05 Å². The van der Waals surface area contributed by atoms with Crippen molar-refractivity contribution in [3.8, 4) is 11.3 Å². The molecule has 4 heteroatoms. The predicted octanol–water partition coefficient (Wildman–Crippen LogP) is 2.37. The number of hydrogen-bond donors (Lipinski definition) is 1. The van der Waals surface area contributed by atoms with E-state index in [1.807, 2.05) is 32.0 Å². The number of benzene rings is 1. The maximum Gasteiger partial charge on any atom is 0.335 e. The van der Waals surface area contributed by atoms with Gasteiger partial charge in [-0.25, -0.2) is 4.79 Å². The highest BCUT2D eigenvalue weighted by molar-refractivity contribution is 5.89. The molecule has 0 aliphatic rings. The van der Waals surface area contributed by atoms with Crippen LogP contribution in [0.15, 0.2) is 35.1 Å². The van der Waals surface area contributed by atoms with Crippen LogP contribution < -0.4 is 5.56 Å². The summed E-state index contributed by atoms with van der Waals surface area (Å²) in [5.74, 6) is -1.09. The van der Waals surface area contributed by atoms with Crippen molar-refractivity contribution >= 4 is 5.97 Å². The summed E-state index contributed by atoms with van der Waals surface area (Å²) in [4.78, 5) is 22.9. The van der Waals surface area contributed by atoms with Crippen molar-refractivity contribution in [2.45, 2.75) is 13.8 Å². The number of carboxylic acid groups (broad SMARTS) is 1. The van der Waals surface area contributed by atoms with Crippen molar-refractivity contribution in [1.29, 1.82) is 0 Å². The Balaban J connectivity index is 2.74. The third-order valence-corrected chi connectivity index (χ3v) is 3.17. The zero-order valence-corrected chi connectivity index (χ0v) is 11.1. The van der Waals surface area contributed by atoms with E-state index < -0.39 is 5.97 Å². The molecule has 0 radical (unpaired) electrons. The lowest BCUT2D eigenvalue weighted by Gasteiger charge is -2.12. The smallest absolute Gasteiger partial charge is 0.335 e. The Labute approximate surface area is 110 Å². The largest absolute Gasteiger partial charge is 0.478 e. The second-order valence-corrected chi connectivity index (χ2v) is 4.65. The third kappa shape index (κ3) is 2.42. The Morgan fingerprint density at radius 2 is 1.84 bits per heavy atom. The van der Waals surface area contributed by atoms with Gasteiger partial charge in [-0.2, -0.15) is 0 Å². The Morgan fingerprint density at radius 1 is 1.16 bits per heavy atom. The number of pyridine rings is 1. The molecule has 2 rings (SSSR count). The van der Waals surface area contributed by atoms with Crippen molar-refractivity contribution < 1.29 is 9.90 Å². The summed E-state index contributed by atoms with van der Waals surface area (Å²) in [6.45, 7) is 3.93. The van der Waals surface area contributed by atoms with Crippen LogP contribution in [0.5, 0.6) is 0 Å². The van der Waals surface area contributed by atoms with Gasteiger partial charge in [0, 0.05) is 18.7 Å². The molecule has 0 atom stereocenters. The van der Waals surface area contributed by atoms with Gasteiger partial charge in [0.15, 0.2) is 0 Å². The van der Waals surface area contributed by atoms with Crippen LogP contribution in [0, 0.1) is 13.8 Å². The molecule has 0 unspecified atom stereocenters. The maximum atomic E-state index is 11.8. The van der Waals surface area contributed by atoms with E-state index in [4.69, 9.17) is 5.11 Å². The standard InChI is InChI=1S/C15H15NO3/c1-9-4-5-12(10(2)6-9)13-7-11(15(18)19)8-14(17)16(13)3/h4-8H,1-3H3,(H,18,19). The summed E-state index contributed by atoms with van der Waals surface area (Å²) < 4.78 is 1.46. The predicted molar refractivity (Wildman–Crippen MR) is 73.6 cm³/mol. The molecule has 0 bridgehead atoms. The van der Waals surface area contributed by atoms with Crippen molar-refractivity contribution in [3.05, 3.63) is 57.4 Å². The molecule has 4 nitrogen and oxygen atoms in total. The van der Waals surface area contributed by atoms with Crippen molar-refractivity contribution in [1.82, 2.24) is 4.57 Å². The zero-order chi connectivity index (χ0) is 14.2. The highest BCUT2D eigenvalue weighted by Gasteiger charge is 2.12. The molecule has 0 saturated heterocycles. The van der Waals surface area contributed by atoms with Gasteiger partial charge in [0.25, 0.3) is 5.56 Å². The molecule has 1 aromatic carbocycles. The van der Waals surface area contributed by atoms with Crippen LogP contribution in [0.2, 0.25) is 0 Å². The lowest BCUT2D eigenvalue weighted by molar-refractivity contribution is 0.0696. The molecule has 0 aliphatic carbocycles. The number of carbonyl (C=O) groups is 1. The van der Waals surface area contributed by atoms with Gasteiger partial charge in [-0.3, -0.25) is 4.79 Å². The monoisotopic (exact) mass is 257 g/mol. The summed E-state index contributed by atoms with van der Waals surface area (Å²) in [7, 11) is 1.64. The maximum absolute atomic E-state index is 11.8. The first kappa shape index (κ1) is 13.1. The fraction of sp³-hybridized carbons (Fsp3) is 0.200. The molecule has 1 aromatic heterocycles. The molecule has 0 fully saturated rings. The quantitative estimate of drug-likeness (QED) is 0.898. The summed E-state index contributed by atoms with van der Waals surface area (Å²) in [5.41, 5.74) is 3.31. The van der Waals surface area contributed by atoms with E-state index in [1.165, 1.54) is 10.6 Å². The lowest BCUT2D eigenvalue weighted by Crippen LogP contribution is -2.20. The Kier molecular flexibility index (Phi) is 3.25. The van der Waals surface area contributed by atoms with E-state index in [0.717, 1.165) is 22.8 Å². The topological polar surface area (TPSA) is 59.3 Å². The van der Waals surface area contributed by atoms with Gasteiger partial charge in [0.2, 0.25) is 0 Å². The van der Waals surface area contributed by atoms with Gasteiger partial charge in [-0.15, -0.1) is 0 Å². The van der Waals surface area contributed by atoms with Crippen LogP contribution in [-0.4, -0.2) is 15.6 Å². The summed E-state index contributed by atoms with van der Waals surface area (Å²) >= 11 is 0. The number of hydrogen-bond acceptors (Lipinski definition) is 2. The molecule has 98 valence electrons. The SMILES string of the molecule is Cc1ccc(-c2cc(C(=O)O)cc(=O)n2C)c(C)c1. The van der Waals surface area contributed by atoms with E-state index >= 15 is 0 Å². The number of aromatic nitrogens is 1. The van der Waals surface area contributed by atoms with E-state index in [9.17, 15) is 9.59 Å². The highest BCUT2D eigenvalue weighted by atomic mass is 16.4. The van der Waals surface area contributed by atoms with Crippen molar-refractivity contribution in [2.24, 2.45) is 7.05 Å². The van der Waals surface area contributed by atoms with Gasteiger partial charge >= 0.3 is 5.97 Å². The Hall–Kier alpha value is -2.36. The second kappa shape index (κ2) is 4.72. The minimum atomic E-state index is -1.09. The third-order valence-electron chi connectivity index (χ3n) is 3.17. The molecule has 0 saturated carbocycles. The lowest BCUT2D eigenvalue weighted by atomic mass is 10.0. The molecular formula is C15H15NO3. The fourth-order valence-corrected chi connectivity index (χ4v) is 2.12. The normalized spacial score (nSPS) is 10.5. The Bertz CT molecular complexity index is 714.